The van der Waals surface area contributed by atoms with Gasteiger partial charge in [-0.3, -0.25) is 9.48 Å². The van der Waals surface area contributed by atoms with Crippen molar-refractivity contribution in [2.75, 3.05) is 0 Å². The van der Waals surface area contributed by atoms with E-state index in [-0.39, 0.29) is 5.78 Å². The average Bonchev–Trinajstić information content (AvgIpc) is 2.63. The number of Topliss-reactive ketones (excluding diaryl/α,β-unsaturated/α-hetero) is 1. The second-order valence-electron chi connectivity index (χ2n) is 4.00. The van der Waals surface area contributed by atoms with Crippen LogP contribution in [0, 0.1) is 0 Å². The van der Waals surface area contributed by atoms with E-state index in [2.05, 4.69) is 5.10 Å². The summed E-state index contributed by atoms with van der Waals surface area (Å²) in [6, 6.07) is 9.23. The van der Waals surface area contributed by atoms with Crippen LogP contribution in [0.1, 0.15) is 11.3 Å². The van der Waals surface area contributed by atoms with Crippen LogP contribution in [0.2, 0.25) is 5.02 Å². The summed E-state index contributed by atoms with van der Waals surface area (Å²) in [5.74, 6) is 0.144. The smallest absolute Gasteiger partial charge is 0.143 e. The Morgan fingerprint density at radius 3 is 2.82 bits per heavy atom. The number of halogens is 1. The van der Waals surface area contributed by atoms with Gasteiger partial charge in [0.1, 0.15) is 5.78 Å². The van der Waals surface area contributed by atoms with Gasteiger partial charge in [0.25, 0.3) is 0 Å². The molecule has 0 aliphatic rings. The molecule has 0 aliphatic carbocycles. The molecule has 0 saturated carbocycles. The number of carbonyl (C=O) groups excluding carboxylic acids is 1. The first-order valence-corrected chi connectivity index (χ1v) is 5.76. The zero-order valence-corrected chi connectivity index (χ0v) is 10.3. The number of ketones is 1. The van der Waals surface area contributed by atoms with E-state index in [0.717, 1.165) is 11.3 Å². The molecule has 3 nitrogen and oxygen atoms in total. The van der Waals surface area contributed by atoms with Crippen LogP contribution < -0.4 is 0 Å². The van der Waals surface area contributed by atoms with Crippen LogP contribution in [-0.2, 0) is 24.7 Å². The number of hydrogen-bond donors (Lipinski definition) is 0. The van der Waals surface area contributed by atoms with Gasteiger partial charge in [0, 0.05) is 24.7 Å². The predicted octanol–water partition coefficient (Wildman–Crippen LogP) is 2.43. The van der Waals surface area contributed by atoms with Gasteiger partial charge in [-0.1, -0.05) is 23.7 Å². The zero-order chi connectivity index (χ0) is 12.3. The van der Waals surface area contributed by atoms with Crippen molar-refractivity contribution in [1.82, 2.24) is 9.78 Å². The number of nitrogens with zero attached hydrogens (tertiary/aromatic N) is 2. The Labute approximate surface area is 105 Å². The molecule has 88 valence electrons. The summed E-state index contributed by atoms with van der Waals surface area (Å²) < 4.78 is 1.70. The largest absolute Gasteiger partial charge is 0.299 e. The van der Waals surface area contributed by atoms with Crippen molar-refractivity contribution in [3.05, 3.63) is 52.8 Å². The van der Waals surface area contributed by atoms with Crippen LogP contribution in [0.4, 0.5) is 0 Å². The number of hydrogen-bond acceptors (Lipinski definition) is 2. The highest BCUT2D eigenvalue weighted by Gasteiger charge is 2.07. The maximum absolute atomic E-state index is 11.8. The van der Waals surface area contributed by atoms with Gasteiger partial charge in [0.2, 0.25) is 0 Å². The standard InChI is InChI=1S/C13H13ClN2O/c1-16-6-5-12(15-16)9-13(17)8-10-3-2-4-11(14)7-10/h2-7H,8-9H2,1H3. The van der Waals surface area contributed by atoms with Crippen molar-refractivity contribution >= 4 is 17.4 Å². The minimum absolute atomic E-state index is 0.144. The highest BCUT2D eigenvalue weighted by molar-refractivity contribution is 6.30. The number of carbonyl (C=O) groups is 1. The molecular formula is C13H13ClN2O. The second kappa shape index (κ2) is 5.15. The molecule has 0 bridgehead atoms. The lowest BCUT2D eigenvalue weighted by atomic mass is 10.1. The number of aryl methyl sites for hydroxylation is 1. The van der Waals surface area contributed by atoms with E-state index in [1.165, 1.54) is 0 Å². The SMILES string of the molecule is Cn1ccc(CC(=O)Cc2cccc(Cl)c2)n1. The molecule has 0 fully saturated rings. The van der Waals surface area contributed by atoms with Gasteiger partial charge in [-0.2, -0.15) is 5.10 Å². The Morgan fingerprint density at radius 1 is 1.35 bits per heavy atom. The Morgan fingerprint density at radius 2 is 2.18 bits per heavy atom. The lowest BCUT2D eigenvalue weighted by Gasteiger charge is -2.00. The summed E-state index contributed by atoms with van der Waals surface area (Å²) in [6.07, 6.45) is 2.60. The average molecular weight is 249 g/mol. The molecule has 0 spiro atoms. The predicted molar refractivity (Wildman–Crippen MR) is 67.1 cm³/mol. The van der Waals surface area contributed by atoms with Gasteiger partial charge in [-0.15, -0.1) is 0 Å². The van der Waals surface area contributed by atoms with Crippen molar-refractivity contribution in [3.63, 3.8) is 0 Å². The second-order valence-corrected chi connectivity index (χ2v) is 4.44. The minimum atomic E-state index is 0.144. The van der Waals surface area contributed by atoms with E-state index in [1.807, 2.05) is 37.5 Å². The lowest BCUT2D eigenvalue weighted by Crippen LogP contribution is -2.07. The molecule has 0 N–H and O–H groups in total. The van der Waals surface area contributed by atoms with E-state index in [9.17, 15) is 4.79 Å². The summed E-state index contributed by atoms with van der Waals surface area (Å²) in [7, 11) is 1.84. The molecule has 0 saturated heterocycles. The third kappa shape index (κ3) is 3.43. The summed E-state index contributed by atoms with van der Waals surface area (Å²) >= 11 is 5.86. The topological polar surface area (TPSA) is 34.9 Å². The fourth-order valence-electron chi connectivity index (χ4n) is 1.70. The Bertz CT molecular complexity index is 534. The van der Waals surface area contributed by atoms with Gasteiger partial charge >= 0.3 is 0 Å². The quantitative estimate of drug-likeness (QED) is 0.833. The highest BCUT2D eigenvalue weighted by atomic mass is 35.5. The molecule has 0 aliphatic heterocycles. The molecule has 0 unspecified atom stereocenters. The molecule has 0 amide bonds. The van der Waals surface area contributed by atoms with E-state index in [0.29, 0.717) is 17.9 Å². The third-order valence-corrected chi connectivity index (χ3v) is 2.67. The Hall–Kier alpha value is -1.61. The van der Waals surface area contributed by atoms with Crippen LogP contribution in [0.3, 0.4) is 0 Å². The van der Waals surface area contributed by atoms with Crippen LogP contribution >= 0.6 is 11.6 Å². The number of aromatic nitrogens is 2. The van der Waals surface area contributed by atoms with Crippen LogP contribution in [0.5, 0.6) is 0 Å². The molecule has 17 heavy (non-hydrogen) atoms. The Balaban J connectivity index is 1.98. The third-order valence-electron chi connectivity index (χ3n) is 2.44. The normalized spacial score (nSPS) is 10.5. The van der Waals surface area contributed by atoms with Crippen molar-refractivity contribution in [2.45, 2.75) is 12.8 Å². The summed E-state index contributed by atoms with van der Waals surface area (Å²) in [6.45, 7) is 0. The Kier molecular flexibility index (Phi) is 3.59. The molecule has 0 atom stereocenters. The molecular weight excluding hydrogens is 236 g/mol. The monoisotopic (exact) mass is 248 g/mol. The molecule has 4 heteroatoms. The first-order valence-electron chi connectivity index (χ1n) is 5.38. The van der Waals surface area contributed by atoms with Gasteiger partial charge in [-0.05, 0) is 23.8 Å². The molecule has 1 heterocycles. The minimum Gasteiger partial charge on any atom is -0.299 e. The van der Waals surface area contributed by atoms with Crippen LogP contribution in [-0.4, -0.2) is 15.6 Å². The maximum Gasteiger partial charge on any atom is 0.143 e. The molecule has 2 rings (SSSR count). The summed E-state index contributed by atoms with van der Waals surface area (Å²) in [4.78, 5) is 11.8. The van der Waals surface area contributed by atoms with Gasteiger partial charge in [-0.25, -0.2) is 0 Å². The van der Waals surface area contributed by atoms with Crippen molar-refractivity contribution in [2.24, 2.45) is 7.05 Å². The van der Waals surface area contributed by atoms with Gasteiger partial charge in [0.15, 0.2) is 0 Å². The molecule has 0 radical (unpaired) electrons. The zero-order valence-electron chi connectivity index (χ0n) is 9.56. The number of benzene rings is 1. The number of rotatable bonds is 4. The summed E-state index contributed by atoms with van der Waals surface area (Å²) in [5, 5.41) is 4.84. The highest BCUT2D eigenvalue weighted by Crippen LogP contribution is 2.12. The fourth-order valence-corrected chi connectivity index (χ4v) is 1.91. The van der Waals surface area contributed by atoms with Crippen molar-refractivity contribution in [3.8, 4) is 0 Å². The lowest BCUT2D eigenvalue weighted by molar-refractivity contribution is -0.117. The van der Waals surface area contributed by atoms with E-state index < -0.39 is 0 Å². The van der Waals surface area contributed by atoms with Crippen LogP contribution in [0.25, 0.3) is 0 Å². The first kappa shape index (κ1) is 11.9. The van der Waals surface area contributed by atoms with E-state index in [1.54, 1.807) is 10.7 Å². The van der Waals surface area contributed by atoms with Gasteiger partial charge < -0.3 is 0 Å². The fraction of sp³-hybridized carbons (Fsp3) is 0.231. The molecule has 1 aromatic carbocycles. The van der Waals surface area contributed by atoms with Gasteiger partial charge in [0.05, 0.1) is 12.1 Å². The first-order chi connectivity index (χ1) is 8.13. The molecule has 1 aromatic heterocycles. The van der Waals surface area contributed by atoms with Crippen molar-refractivity contribution in [1.29, 1.82) is 0 Å². The van der Waals surface area contributed by atoms with E-state index in [4.69, 9.17) is 11.6 Å². The summed E-state index contributed by atoms with van der Waals surface area (Å²) in [5.41, 5.74) is 1.75. The maximum atomic E-state index is 11.8. The van der Waals surface area contributed by atoms with E-state index >= 15 is 0 Å². The van der Waals surface area contributed by atoms with Crippen molar-refractivity contribution < 1.29 is 4.79 Å². The van der Waals surface area contributed by atoms with Crippen LogP contribution in [0.15, 0.2) is 36.5 Å². The molecule has 2 aromatic rings.